The number of benzene rings is 1. The predicted octanol–water partition coefficient (Wildman–Crippen LogP) is 3.41. The minimum atomic E-state index is -0.795. The van der Waals surface area contributed by atoms with Gasteiger partial charge in [-0.3, -0.25) is 14.4 Å². The first kappa shape index (κ1) is 28.0. The van der Waals surface area contributed by atoms with Gasteiger partial charge in [-0.05, 0) is 36.5 Å². The number of aromatic nitrogens is 1. The first-order valence-corrected chi connectivity index (χ1v) is 12.9. The normalized spacial score (nSPS) is 13.3. The molecule has 0 aliphatic heterocycles. The van der Waals surface area contributed by atoms with Gasteiger partial charge in [-0.25, -0.2) is 4.98 Å². The van der Waals surface area contributed by atoms with E-state index in [1.165, 1.54) is 16.9 Å². The fraction of sp³-hybridized carbons (Fsp3) is 0.500. The Morgan fingerprint density at radius 1 is 1.20 bits per heavy atom. The Morgan fingerprint density at radius 2 is 1.94 bits per heavy atom. The van der Waals surface area contributed by atoms with Gasteiger partial charge in [0, 0.05) is 25.4 Å². The summed E-state index contributed by atoms with van der Waals surface area (Å²) in [6, 6.07) is 6.69. The number of fused-ring (bicyclic) bond motifs is 1. The Labute approximate surface area is 211 Å². The van der Waals surface area contributed by atoms with Crippen LogP contribution < -0.4 is 16.0 Å². The maximum absolute atomic E-state index is 13.3. The Balaban J connectivity index is 2.21. The van der Waals surface area contributed by atoms with E-state index < -0.39 is 11.9 Å². The predicted molar refractivity (Wildman–Crippen MR) is 139 cm³/mol. The second kappa shape index (κ2) is 13.6. The lowest BCUT2D eigenvalue weighted by Gasteiger charge is -2.27. The van der Waals surface area contributed by atoms with Gasteiger partial charge in [0.2, 0.25) is 11.8 Å². The Kier molecular flexibility index (Phi) is 10.9. The highest BCUT2D eigenvalue weighted by Crippen LogP contribution is 2.24. The number of carbonyl (C=O) groups is 3. The number of nitriles is 1. The average molecular weight is 498 g/mol. The maximum Gasteiger partial charge on any atom is 0.261 e. The van der Waals surface area contributed by atoms with Crippen LogP contribution in [0.3, 0.4) is 0 Å². The van der Waals surface area contributed by atoms with Crippen molar-refractivity contribution >= 4 is 39.3 Å². The average Bonchev–Trinajstić information content (AvgIpc) is 3.26. The lowest BCUT2D eigenvalue weighted by Crippen LogP contribution is -2.54. The highest BCUT2D eigenvalue weighted by molar-refractivity contribution is 7.18. The fourth-order valence-electron chi connectivity index (χ4n) is 3.52. The third kappa shape index (κ3) is 8.18. The quantitative estimate of drug-likeness (QED) is 0.289. The molecule has 0 aliphatic carbocycles. The fourth-order valence-corrected chi connectivity index (χ4v) is 4.60. The van der Waals surface area contributed by atoms with Crippen LogP contribution in [-0.2, 0) is 27.2 Å². The first-order valence-electron chi connectivity index (χ1n) is 12.1. The highest BCUT2D eigenvalue weighted by Gasteiger charge is 2.27. The molecule has 0 spiro atoms. The van der Waals surface area contributed by atoms with E-state index in [1.54, 1.807) is 6.07 Å². The SMILES string of the molecule is C=C(C#N)C(=O)NC[C@@H](NC(=O)[C@H](Cc1nc2ccc(CC)cc2s1)NC(=O)CCC)[C@@H](C)CC. The smallest absolute Gasteiger partial charge is 0.261 e. The molecule has 0 radical (unpaired) electrons. The van der Waals surface area contributed by atoms with E-state index in [0.29, 0.717) is 12.8 Å². The van der Waals surface area contributed by atoms with Crippen LogP contribution in [0.25, 0.3) is 10.2 Å². The van der Waals surface area contributed by atoms with Crippen LogP contribution in [-0.4, -0.2) is 41.3 Å². The van der Waals surface area contributed by atoms with E-state index in [9.17, 15) is 14.4 Å². The summed E-state index contributed by atoms with van der Waals surface area (Å²) in [5.41, 5.74) is 1.90. The molecule has 0 aliphatic rings. The minimum Gasteiger partial charge on any atom is -0.350 e. The van der Waals surface area contributed by atoms with Gasteiger partial charge in [-0.2, -0.15) is 5.26 Å². The lowest BCUT2D eigenvalue weighted by atomic mass is 9.98. The van der Waals surface area contributed by atoms with Crippen LogP contribution in [0.2, 0.25) is 0 Å². The van der Waals surface area contributed by atoms with Crippen molar-refractivity contribution in [3.63, 3.8) is 0 Å². The molecule has 1 aromatic carbocycles. The Hall–Kier alpha value is -3.25. The van der Waals surface area contributed by atoms with E-state index in [0.717, 1.165) is 28.1 Å². The molecule has 0 bridgehead atoms. The number of rotatable bonds is 13. The number of nitrogens with one attached hydrogen (secondary N) is 3. The highest BCUT2D eigenvalue weighted by atomic mass is 32.1. The van der Waals surface area contributed by atoms with Gasteiger partial charge in [0.1, 0.15) is 17.7 Å². The molecular weight excluding hydrogens is 462 g/mol. The zero-order chi connectivity index (χ0) is 26.0. The number of hydrogen-bond acceptors (Lipinski definition) is 6. The Morgan fingerprint density at radius 3 is 2.57 bits per heavy atom. The monoisotopic (exact) mass is 497 g/mol. The van der Waals surface area contributed by atoms with Crippen molar-refractivity contribution in [1.82, 2.24) is 20.9 Å². The van der Waals surface area contributed by atoms with Crippen molar-refractivity contribution in [2.24, 2.45) is 5.92 Å². The first-order chi connectivity index (χ1) is 16.7. The molecule has 0 saturated heterocycles. The molecule has 0 fully saturated rings. The van der Waals surface area contributed by atoms with Crippen molar-refractivity contribution in [2.75, 3.05) is 6.54 Å². The zero-order valence-corrected chi connectivity index (χ0v) is 21.8. The van der Waals surface area contributed by atoms with Crippen LogP contribution in [0.15, 0.2) is 30.4 Å². The summed E-state index contributed by atoms with van der Waals surface area (Å²) in [7, 11) is 0. The topological polar surface area (TPSA) is 124 Å². The van der Waals surface area contributed by atoms with E-state index in [4.69, 9.17) is 5.26 Å². The number of hydrogen-bond donors (Lipinski definition) is 3. The summed E-state index contributed by atoms with van der Waals surface area (Å²) < 4.78 is 1.05. The molecule has 2 aromatic rings. The van der Waals surface area contributed by atoms with E-state index in [1.807, 2.05) is 32.9 Å². The second-order valence-electron chi connectivity index (χ2n) is 8.64. The summed E-state index contributed by atoms with van der Waals surface area (Å²) >= 11 is 1.52. The summed E-state index contributed by atoms with van der Waals surface area (Å²) in [4.78, 5) is 42.4. The summed E-state index contributed by atoms with van der Waals surface area (Å²) in [5, 5.41) is 18.1. The molecule has 2 rings (SSSR count). The molecule has 8 nitrogen and oxygen atoms in total. The number of amides is 3. The molecule has 0 unspecified atom stereocenters. The van der Waals surface area contributed by atoms with Crippen molar-refractivity contribution in [3.05, 3.63) is 40.9 Å². The summed E-state index contributed by atoms with van der Waals surface area (Å²) in [5.74, 6) is -1.04. The standard InChI is InChI=1S/C26H35N5O3S/c1-6-9-23(32)29-20(13-24-30-19-11-10-18(8-3)12-22(19)35-24)26(34)31-21(16(4)7-2)15-28-25(33)17(5)14-27/h10-12,16,20-21H,5-9,13,15H2,1-4H3,(H,28,33)(H,29,32)(H,31,34)/t16-,20-,21+/m0/s1. The van der Waals surface area contributed by atoms with Gasteiger partial charge in [-0.1, -0.05) is 46.8 Å². The van der Waals surface area contributed by atoms with Crippen molar-refractivity contribution in [2.45, 2.75) is 71.9 Å². The molecule has 0 saturated carbocycles. The molecular formula is C26H35N5O3S. The van der Waals surface area contributed by atoms with Crippen molar-refractivity contribution in [3.8, 4) is 6.07 Å². The van der Waals surface area contributed by atoms with Gasteiger partial charge in [0.15, 0.2) is 0 Å². The van der Waals surface area contributed by atoms with Crippen LogP contribution in [0.5, 0.6) is 0 Å². The molecule has 3 amide bonds. The molecule has 9 heteroatoms. The third-order valence-electron chi connectivity index (χ3n) is 5.96. The minimum absolute atomic E-state index is 0.0523. The molecule has 35 heavy (non-hydrogen) atoms. The van der Waals surface area contributed by atoms with E-state index in [-0.39, 0.29) is 42.3 Å². The number of thiazole rings is 1. The molecule has 3 atom stereocenters. The number of aryl methyl sites for hydroxylation is 1. The van der Waals surface area contributed by atoms with Crippen LogP contribution >= 0.6 is 11.3 Å². The van der Waals surface area contributed by atoms with Gasteiger partial charge >= 0.3 is 0 Å². The number of carbonyl (C=O) groups excluding carboxylic acids is 3. The van der Waals surface area contributed by atoms with Gasteiger partial charge in [0.05, 0.1) is 15.2 Å². The van der Waals surface area contributed by atoms with Crippen molar-refractivity contribution in [1.29, 1.82) is 5.26 Å². The van der Waals surface area contributed by atoms with Crippen molar-refractivity contribution < 1.29 is 14.4 Å². The van der Waals surface area contributed by atoms with E-state index in [2.05, 4.69) is 40.5 Å². The Bertz CT molecular complexity index is 1100. The van der Waals surface area contributed by atoms with Crippen LogP contribution in [0, 0.1) is 17.2 Å². The number of nitrogens with zero attached hydrogens (tertiary/aromatic N) is 2. The lowest BCUT2D eigenvalue weighted by molar-refractivity contribution is -0.129. The van der Waals surface area contributed by atoms with Crippen LogP contribution in [0.1, 0.15) is 57.5 Å². The third-order valence-corrected chi connectivity index (χ3v) is 7.00. The molecule has 3 N–H and O–H groups in total. The second-order valence-corrected chi connectivity index (χ2v) is 9.75. The van der Waals surface area contributed by atoms with E-state index >= 15 is 0 Å². The van der Waals surface area contributed by atoms with Crippen LogP contribution in [0.4, 0.5) is 0 Å². The van der Waals surface area contributed by atoms with Gasteiger partial charge < -0.3 is 16.0 Å². The molecule has 1 aromatic heterocycles. The van der Waals surface area contributed by atoms with Gasteiger partial charge in [0.25, 0.3) is 5.91 Å². The largest absolute Gasteiger partial charge is 0.350 e. The summed E-state index contributed by atoms with van der Waals surface area (Å²) in [6.07, 6.45) is 2.96. The maximum atomic E-state index is 13.3. The molecule has 1 heterocycles. The summed E-state index contributed by atoms with van der Waals surface area (Å²) in [6.45, 7) is 11.5. The molecule has 188 valence electrons. The van der Waals surface area contributed by atoms with Gasteiger partial charge in [-0.15, -0.1) is 11.3 Å². The zero-order valence-electron chi connectivity index (χ0n) is 20.9.